The quantitative estimate of drug-likeness (QED) is 0.0279. The summed E-state index contributed by atoms with van der Waals surface area (Å²) in [6.45, 7) is 3.36. The highest BCUT2D eigenvalue weighted by molar-refractivity contribution is 5.87. The van der Waals surface area contributed by atoms with Crippen LogP contribution in [0.25, 0.3) is 0 Å². The van der Waals surface area contributed by atoms with E-state index in [1.807, 2.05) is 0 Å². The fourth-order valence-electron chi connectivity index (χ4n) is 6.06. The van der Waals surface area contributed by atoms with Crippen molar-refractivity contribution in [2.45, 2.75) is 199 Å². The van der Waals surface area contributed by atoms with E-state index in [-0.39, 0.29) is 24.5 Å². The number of aliphatic hydroxyl groups is 1. The third kappa shape index (κ3) is 35.8. The molecule has 0 radical (unpaired) electrons. The molecular weight excluding hydrogens is 681 g/mol. The zero-order valence-electron chi connectivity index (χ0n) is 34.2. The number of hydrogen-bond donors (Lipinski definition) is 4. The highest BCUT2D eigenvalue weighted by Gasteiger charge is 2.19. The van der Waals surface area contributed by atoms with E-state index in [1.165, 1.54) is 51.4 Å². The maximum atomic E-state index is 12.8. The van der Waals surface area contributed by atoms with Crippen LogP contribution in [0.15, 0.2) is 48.6 Å². The monoisotopic (exact) mass is 759 g/mol. The summed E-state index contributed by atoms with van der Waals surface area (Å²) in [5.74, 6) is -2.32. The zero-order chi connectivity index (χ0) is 39.7. The van der Waals surface area contributed by atoms with Gasteiger partial charge in [-0.3, -0.25) is 14.4 Å². The van der Waals surface area contributed by atoms with Crippen molar-refractivity contribution in [1.82, 2.24) is 10.6 Å². The van der Waals surface area contributed by atoms with Crippen molar-refractivity contribution in [2.24, 2.45) is 0 Å². The standard InChI is InChI=1S/C45H78N2O7/c1-3-5-7-9-11-13-14-15-16-17-18-19-20-22-24-29-33-37-44(51)54-40(34-30-26-23-21-12-10-8-6-4-2)35-31-27-25-28-32-36-42(49)46-38-43(50)47-41(39-48)45(52)53/h5,7,11,13,15-16,18-19,40-41,48H,3-4,6,8-10,12,14,17,20-39H2,1-2H3,(H,46,49)(H,47,50)(H,52,53)/b7-5-,13-11-,16-15-,19-18-. The maximum absolute atomic E-state index is 12.8. The molecule has 4 N–H and O–H groups in total. The number of carboxylic acid groups (broad SMARTS) is 1. The molecule has 0 aliphatic rings. The van der Waals surface area contributed by atoms with Gasteiger partial charge in [0.25, 0.3) is 0 Å². The lowest BCUT2D eigenvalue weighted by molar-refractivity contribution is -0.150. The van der Waals surface area contributed by atoms with Crippen LogP contribution in [0.2, 0.25) is 0 Å². The molecule has 0 saturated carbocycles. The van der Waals surface area contributed by atoms with Crippen LogP contribution >= 0.6 is 0 Å². The maximum Gasteiger partial charge on any atom is 0.328 e. The number of ether oxygens (including phenoxy) is 1. The summed E-state index contributed by atoms with van der Waals surface area (Å²) >= 11 is 0. The first-order valence-corrected chi connectivity index (χ1v) is 21.5. The number of carbonyl (C=O) groups excluding carboxylic acids is 3. The Kier molecular flexibility index (Phi) is 37.2. The number of carboxylic acids is 1. The summed E-state index contributed by atoms with van der Waals surface area (Å²) in [4.78, 5) is 47.5. The Morgan fingerprint density at radius 3 is 1.59 bits per heavy atom. The van der Waals surface area contributed by atoms with Crippen LogP contribution in [0, 0.1) is 0 Å². The van der Waals surface area contributed by atoms with Gasteiger partial charge < -0.3 is 25.6 Å². The number of esters is 1. The van der Waals surface area contributed by atoms with E-state index in [9.17, 15) is 19.2 Å². The van der Waals surface area contributed by atoms with Crippen LogP contribution in [0.1, 0.15) is 187 Å². The van der Waals surface area contributed by atoms with Crippen molar-refractivity contribution in [1.29, 1.82) is 0 Å². The highest BCUT2D eigenvalue weighted by Crippen LogP contribution is 2.19. The van der Waals surface area contributed by atoms with Crippen molar-refractivity contribution >= 4 is 23.8 Å². The summed E-state index contributed by atoms with van der Waals surface area (Å²) < 4.78 is 6.01. The number of aliphatic hydroxyl groups excluding tert-OH is 1. The first-order valence-electron chi connectivity index (χ1n) is 21.5. The molecule has 0 rings (SSSR count). The summed E-state index contributed by atoms with van der Waals surface area (Å²) in [6.07, 6.45) is 45.6. The van der Waals surface area contributed by atoms with Gasteiger partial charge in [-0.1, -0.05) is 146 Å². The highest BCUT2D eigenvalue weighted by atomic mass is 16.5. The van der Waals surface area contributed by atoms with Gasteiger partial charge >= 0.3 is 11.9 Å². The molecule has 310 valence electrons. The first-order chi connectivity index (χ1) is 26.3. The Bertz CT molecular complexity index is 1050. The van der Waals surface area contributed by atoms with Gasteiger partial charge in [0, 0.05) is 12.8 Å². The van der Waals surface area contributed by atoms with Crippen LogP contribution in [-0.4, -0.2) is 59.3 Å². The predicted molar refractivity (Wildman–Crippen MR) is 222 cm³/mol. The molecule has 0 aromatic rings. The normalized spacial score (nSPS) is 12.9. The topological polar surface area (TPSA) is 142 Å². The zero-order valence-corrected chi connectivity index (χ0v) is 34.2. The van der Waals surface area contributed by atoms with E-state index < -0.39 is 24.5 Å². The molecule has 54 heavy (non-hydrogen) atoms. The van der Waals surface area contributed by atoms with E-state index >= 15 is 0 Å². The van der Waals surface area contributed by atoms with Crippen LogP contribution in [0.4, 0.5) is 0 Å². The van der Waals surface area contributed by atoms with Crippen molar-refractivity contribution in [3.8, 4) is 0 Å². The fourth-order valence-corrected chi connectivity index (χ4v) is 6.06. The average molecular weight is 759 g/mol. The summed E-state index contributed by atoms with van der Waals surface area (Å²) in [7, 11) is 0. The second-order valence-electron chi connectivity index (χ2n) is 14.4. The molecule has 2 amide bonds. The Hall–Kier alpha value is -3.20. The van der Waals surface area contributed by atoms with E-state index in [0.717, 1.165) is 103 Å². The van der Waals surface area contributed by atoms with Gasteiger partial charge in [-0.15, -0.1) is 0 Å². The Morgan fingerprint density at radius 2 is 1.06 bits per heavy atom. The minimum absolute atomic E-state index is 0.0244. The van der Waals surface area contributed by atoms with Gasteiger partial charge in [0.2, 0.25) is 11.8 Å². The number of rotatable bonds is 38. The summed E-state index contributed by atoms with van der Waals surface area (Å²) in [5, 5.41) is 22.5. The molecule has 2 unspecified atom stereocenters. The third-order valence-electron chi connectivity index (χ3n) is 9.34. The molecule has 0 spiro atoms. The molecular formula is C45H78N2O7. The van der Waals surface area contributed by atoms with Gasteiger partial charge in [-0.25, -0.2) is 4.79 Å². The molecule has 0 heterocycles. The molecule has 0 fully saturated rings. The van der Waals surface area contributed by atoms with Crippen LogP contribution < -0.4 is 10.6 Å². The fraction of sp³-hybridized carbons (Fsp3) is 0.733. The Labute approximate surface area is 328 Å². The van der Waals surface area contributed by atoms with Crippen LogP contribution in [0.5, 0.6) is 0 Å². The van der Waals surface area contributed by atoms with Crippen molar-refractivity contribution in [2.75, 3.05) is 13.2 Å². The third-order valence-corrected chi connectivity index (χ3v) is 9.34. The lowest BCUT2D eigenvalue weighted by Crippen LogP contribution is -2.47. The number of hydrogen-bond acceptors (Lipinski definition) is 6. The van der Waals surface area contributed by atoms with E-state index in [4.69, 9.17) is 14.9 Å². The van der Waals surface area contributed by atoms with E-state index in [2.05, 4.69) is 73.1 Å². The number of nitrogens with one attached hydrogen (secondary N) is 2. The minimum atomic E-state index is -1.38. The predicted octanol–water partition coefficient (Wildman–Crippen LogP) is 10.4. The number of allylic oxidation sites excluding steroid dienone is 8. The molecule has 2 atom stereocenters. The molecule has 0 aromatic heterocycles. The minimum Gasteiger partial charge on any atom is -0.480 e. The molecule has 0 aliphatic carbocycles. The van der Waals surface area contributed by atoms with Crippen molar-refractivity contribution in [3.05, 3.63) is 48.6 Å². The molecule has 0 aromatic carbocycles. The van der Waals surface area contributed by atoms with Gasteiger partial charge in [0.1, 0.15) is 12.1 Å². The van der Waals surface area contributed by atoms with Gasteiger partial charge in [0.15, 0.2) is 0 Å². The van der Waals surface area contributed by atoms with Crippen LogP contribution in [0.3, 0.4) is 0 Å². The second kappa shape index (κ2) is 39.5. The SMILES string of the molecule is CC/C=C\C/C=C\C/C=C\C/C=C\CCCCCCC(=O)OC(CCCCCCCCCCC)CCCCCCCC(=O)NCC(=O)NC(CO)C(=O)O. The van der Waals surface area contributed by atoms with Crippen molar-refractivity contribution < 1.29 is 34.1 Å². The summed E-state index contributed by atoms with van der Waals surface area (Å²) in [6, 6.07) is -1.38. The Morgan fingerprint density at radius 1 is 0.574 bits per heavy atom. The van der Waals surface area contributed by atoms with Crippen LogP contribution in [-0.2, 0) is 23.9 Å². The lowest BCUT2D eigenvalue weighted by Gasteiger charge is -2.18. The van der Waals surface area contributed by atoms with E-state index in [0.29, 0.717) is 19.3 Å². The summed E-state index contributed by atoms with van der Waals surface area (Å²) in [5.41, 5.74) is 0. The second-order valence-corrected chi connectivity index (χ2v) is 14.4. The number of aliphatic carboxylic acids is 1. The Balaban J connectivity index is 4.29. The molecule has 9 nitrogen and oxygen atoms in total. The molecule has 0 bridgehead atoms. The van der Waals surface area contributed by atoms with E-state index in [1.54, 1.807) is 0 Å². The lowest BCUT2D eigenvalue weighted by atomic mass is 10.0. The number of amides is 2. The molecule has 0 saturated heterocycles. The van der Waals surface area contributed by atoms with Gasteiger partial charge in [-0.05, 0) is 77.0 Å². The number of carbonyl (C=O) groups is 4. The average Bonchev–Trinajstić information content (AvgIpc) is 3.15. The smallest absolute Gasteiger partial charge is 0.328 e. The molecule has 0 aliphatic heterocycles. The number of unbranched alkanes of at least 4 members (excludes halogenated alkanes) is 16. The van der Waals surface area contributed by atoms with Gasteiger partial charge in [-0.2, -0.15) is 0 Å². The molecule has 9 heteroatoms. The van der Waals surface area contributed by atoms with Crippen molar-refractivity contribution in [3.63, 3.8) is 0 Å². The van der Waals surface area contributed by atoms with Gasteiger partial charge in [0.05, 0.1) is 13.2 Å². The first kappa shape index (κ1) is 50.8. The largest absolute Gasteiger partial charge is 0.480 e.